The molecule has 0 spiro atoms. The summed E-state index contributed by atoms with van der Waals surface area (Å²) in [5.41, 5.74) is 3.85. The molecule has 5 nitrogen and oxygen atoms in total. The SMILES string of the molecule is CCOC(=O)c1ccc(N(Cc2cccnc2)C(=O)c2ccc(C(C)(C)C)cc2)cc1. The Morgan fingerprint density at radius 1 is 0.935 bits per heavy atom. The molecule has 0 aliphatic carbocycles. The molecule has 3 rings (SSSR count). The number of anilines is 1. The summed E-state index contributed by atoms with van der Waals surface area (Å²) >= 11 is 0. The predicted octanol–water partition coefficient (Wildman–Crippen LogP) is 5.40. The zero-order valence-corrected chi connectivity index (χ0v) is 18.5. The molecule has 0 atom stereocenters. The first-order valence-electron chi connectivity index (χ1n) is 10.4. The third kappa shape index (κ3) is 5.57. The average Bonchev–Trinajstić information content (AvgIpc) is 2.77. The van der Waals surface area contributed by atoms with Crippen LogP contribution in [0.1, 0.15) is 59.5 Å². The van der Waals surface area contributed by atoms with Crippen molar-refractivity contribution in [1.82, 2.24) is 4.98 Å². The lowest BCUT2D eigenvalue weighted by Gasteiger charge is -2.24. The molecule has 0 radical (unpaired) electrons. The van der Waals surface area contributed by atoms with Crippen molar-refractivity contribution < 1.29 is 14.3 Å². The Kier molecular flexibility index (Phi) is 6.85. The summed E-state index contributed by atoms with van der Waals surface area (Å²) in [7, 11) is 0. The lowest BCUT2D eigenvalue weighted by molar-refractivity contribution is 0.0526. The van der Waals surface area contributed by atoms with E-state index in [0.717, 1.165) is 5.56 Å². The number of amides is 1. The minimum absolute atomic E-state index is 0.0138. The number of nitrogens with zero attached hydrogens (tertiary/aromatic N) is 2. The molecule has 0 N–H and O–H groups in total. The molecule has 0 fully saturated rings. The molecule has 1 aromatic heterocycles. The normalized spacial score (nSPS) is 11.1. The Balaban J connectivity index is 1.92. The topological polar surface area (TPSA) is 59.5 Å². The Hall–Kier alpha value is -3.47. The average molecular weight is 417 g/mol. The second-order valence-electron chi connectivity index (χ2n) is 8.35. The molecule has 160 valence electrons. The fourth-order valence-electron chi connectivity index (χ4n) is 3.22. The Morgan fingerprint density at radius 2 is 1.58 bits per heavy atom. The van der Waals surface area contributed by atoms with E-state index in [-0.39, 0.29) is 17.3 Å². The maximum absolute atomic E-state index is 13.4. The zero-order chi connectivity index (χ0) is 22.4. The maximum atomic E-state index is 13.4. The van der Waals surface area contributed by atoms with E-state index in [9.17, 15) is 9.59 Å². The Morgan fingerprint density at radius 3 is 2.13 bits per heavy atom. The first-order chi connectivity index (χ1) is 14.8. The number of ether oxygens (including phenoxy) is 1. The van der Waals surface area contributed by atoms with Gasteiger partial charge in [0, 0.05) is 23.6 Å². The van der Waals surface area contributed by atoms with Gasteiger partial charge in [0.15, 0.2) is 0 Å². The van der Waals surface area contributed by atoms with Crippen molar-refractivity contribution in [2.45, 2.75) is 39.7 Å². The van der Waals surface area contributed by atoms with Crippen molar-refractivity contribution in [3.63, 3.8) is 0 Å². The zero-order valence-electron chi connectivity index (χ0n) is 18.5. The van der Waals surface area contributed by atoms with Gasteiger partial charge in [-0.05, 0) is 65.9 Å². The first kappa shape index (κ1) is 22.2. The predicted molar refractivity (Wildman–Crippen MR) is 122 cm³/mol. The molecule has 1 amide bonds. The van der Waals surface area contributed by atoms with Gasteiger partial charge in [-0.25, -0.2) is 4.79 Å². The molecule has 1 heterocycles. The quantitative estimate of drug-likeness (QED) is 0.505. The molecule has 0 saturated heterocycles. The second kappa shape index (κ2) is 9.56. The third-order valence-electron chi connectivity index (χ3n) is 5.00. The standard InChI is InChI=1S/C26H28N2O3/c1-5-31-25(30)21-10-14-23(15-11-21)28(18-19-7-6-16-27-17-19)24(29)20-8-12-22(13-9-20)26(2,3)4/h6-17H,5,18H2,1-4H3. The molecule has 0 saturated carbocycles. The van der Waals surface area contributed by atoms with Crippen LogP contribution in [0.15, 0.2) is 73.1 Å². The number of benzene rings is 2. The molecule has 3 aromatic rings. The van der Waals surface area contributed by atoms with Crippen LogP contribution in [0.2, 0.25) is 0 Å². The summed E-state index contributed by atoms with van der Waals surface area (Å²) in [4.78, 5) is 31.3. The lowest BCUT2D eigenvalue weighted by atomic mass is 9.86. The van der Waals surface area contributed by atoms with Crippen molar-refractivity contribution >= 4 is 17.6 Å². The largest absolute Gasteiger partial charge is 0.462 e. The molecule has 0 bridgehead atoms. The molecular formula is C26H28N2O3. The summed E-state index contributed by atoms with van der Waals surface area (Å²) in [6.07, 6.45) is 3.45. The van der Waals surface area contributed by atoms with E-state index in [4.69, 9.17) is 4.74 Å². The smallest absolute Gasteiger partial charge is 0.338 e. The first-order valence-corrected chi connectivity index (χ1v) is 10.4. The third-order valence-corrected chi connectivity index (χ3v) is 5.00. The van der Waals surface area contributed by atoms with Crippen LogP contribution < -0.4 is 4.90 Å². The fraction of sp³-hybridized carbons (Fsp3) is 0.269. The monoisotopic (exact) mass is 416 g/mol. The number of rotatable bonds is 6. The van der Waals surface area contributed by atoms with E-state index in [2.05, 4.69) is 25.8 Å². The van der Waals surface area contributed by atoms with Crippen molar-refractivity contribution in [1.29, 1.82) is 0 Å². The van der Waals surface area contributed by atoms with Crippen LogP contribution in [0.3, 0.4) is 0 Å². The summed E-state index contributed by atoms with van der Waals surface area (Å²) < 4.78 is 5.05. The molecular weight excluding hydrogens is 388 g/mol. The number of esters is 1. The van der Waals surface area contributed by atoms with E-state index in [0.29, 0.717) is 30.0 Å². The van der Waals surface area contributed by atoms with E-state index in [1.54, 1.807) is 48.5 Å². The number of aromatic nitrogens is 1. The number of hydrogen-bond acceptors (Lipinski definition) is 4. The highest BCUT2D eigenvalue weighted by molar-refractivity contribution is 6.06. The highest BCUT2D eigenvalue weighted by atomic mass is 16.5. The van der Waals surface area contributed by atoms with E-state index in [1.165, 1.54) is 5.56 Å². The van der Waals surface area contributed by atoms with Crippen molar-refractivity contribution in [3.05, 3.63) is 95.3 Å². The molecule has 31 heavy (non-hydrogen) atoms. The van der Waals surface area contributed by atoms with Crippen LogP contribution in [-0.2, 0) is 16.7 Å². The van der Waals surface area contributed by atoms with Gasteiger partial charge in [0.1, 0.15) is 0 Å². The lowest BCUT2D eigenvalue weighted by Crippen LogP contribution is -2.30. The minimum Gasteiger partial charge on any atom is -0.462 e. The molecule has 0 unspecified atom stereocenters. The van der Waals surface area contributed by atoms with Crippen LogP contribution in [0.5, 0.6) is 0 Å². The molecule has 0 aliphatic rings. The molecule has 0 aliphatic heterocycles. The minimum atomic E-state index is -0.378. The Bertz CT molecular complexity index is 1020. The molecule has 2 aromatic carbocycles. The van der Waals surface area contributed by atoms with Gasteiger partial charge < -0.3 is 9.64 Å². The number of carbonyl (C=O) groups is 2. The van der Waals surface area contributed by atoms with Gasteiger partial charge in [-0.2, -0.15) is 0 Å². The maximum Gasteiger partial charge on any atom is 0.338 e. The van der Waals surface area contributed by atoms with Gasteiger partial charge in [-0.1, -0.05) is 39.0 Å². The highest BCUT2D eigenvalue weighted by Gasteiger charge is 2.20. The van der Waals surface area contributed by atoms with Crippen LogP contribution in [0.25, 0.3) is 0 Å². The summed E-state index contributed by atoms with van der Waals surface area (Å²) in [6.45, 7) is 8.88. The van der Waals surface area contributed by atoms with Crippen LogP contribution >= 0.6 is 0 Å². The van der Waals surface area contributed by atoms with Crippen LogP contribution in [0, 0.1) is 0 Å². The van der Waals surface area contributed by atoms with Crippen molar-refractivity contribution in [2.24, 2.45) is 0 Å². The van der Waals surface area contributed by atoms with Crippen molar-refractivity contribution in [3.8, 4) is 0 Å². The van der Waals surface area contributed by atoms with Crippen LogP contribution in [0.4, 0.5) is 5.69 Å². The number of carbonyl (C=O) groups excluding carboxylic acids is 2. The van der Waals surface area contributed by atoms with Gasteiger partial charge >= 0.3 is 5.97 Å². The van der Waals surface area contributed by atoms with Crippen LogP contribution in [-0.4, -0.2) is 23.5 Å². The van der Waals surface area contributed by atoms with Gasteiger partial charge in [0.25, 0.3) is 5.91 Å². The van der Waals surface area contributed by atoms with E-state index >= 15 is 0 Å². The number of hydrogen-bond donors (Lipinski definition) is 0. The van der Waals surface area contributed by atoms with Gasteiger partial charge in [0.05, 0.1) is 18.7 Å². The summed E-state index contributed by atoms with van der Waals surface area (Å²) in [6, 6.07) is 18.4. The summed E-state index contributed by atoms with van der Waals surface area (Å²) in [5.74, 6) is -0.495. The van der Waals surface area contributed by atoms with Gasteiger partial charge in [-0.3, -0.25) is 9.78 Å². The van der Waals surface area contributed by atoms with Gasteiger partial charge in [0.2, 0.25) is 0 Å². The fourth-order valence-corrected chi connectivity index (χ4v) is 3.22. The second-order valence-corrected chi connectivity index (χ2v) is 8.35. The van der Waals surface area contributed by atoms with Gasteiger partial charge in [-0.15, -0.1) is 0 Å². The van der Waals surface area contributed by atoms with E-state index in [1.807, 2.05) is 36.4 Å². The van der Waals surface area contributed by atoms with Crippen molar-refractivity contribution in [2.75, 3.05) is 11.5 Å². The summed E-state index contributed by atoms with van der Waals surface area (Å²) in [5, 5.41) is 0. The molecule has 5 heteroatoms. The Labute approximate surface area is 183 Å². The highest BCUT2D eigenvalue weighted by Crippen LogP contribution is 2.25. The van der Waals surface area contributed by atoms with E-state index < -0.39 is 0 Å². The number of pyridine rings is 1.